The Hall–Kier alpha value is -1.40. The van der Waals surface area contributed by atoms with Crippen molar-refractivity contribution in [1.29, 1.82) is 0 Å². The highest BCUT2D eigenvalue weighted by atomic mass is 32.2. The van der Waals surface area contributed by atoms with E-state index < -0.39 is 10.0 Å². The summed E-state index contributed by atoms with van der Waals surface area (Å²) in [6.45, 7) is 1.42. The lowest BCUT2D eigenvalue weighted by atomic mass is 9.93. The Labute approximate surface area is 144 Å². The molecule has 1 heterocycles. The van der Waals surface area contributed by atoms with Gasteiger partial charge in [0.2, 0.25) is 15.9 Å². The molecule has 1 N–H and O–H groups in total. The fourth-order valence-electron chi connectivity index (χ4n) is 3.41. The number of amides is 1. The molecule has 1 amide bonds. The normalized spacial score (nSPS) is 20.5. The lowest BCUT2D eigenvalue weighted by Crippen LogP contribution is -2.41. The van der Waals surface area contributed by atoms with Gasteiger partial charge in [-0.2, -0.15) is 0 Å². The molecule has 0 bridgehead atoms. The summed E-state index contributed by atoms with van der Waals surface area (Å²) in [6, 6.07) is 9.79. The van der Waals surface area contributed by atoms with E-state index in [4.69, 9.17) is 0 Å². The van der Waals surface area contributed by atoms with Crippen molar-refractivity contribution in [1.82, 2.24) is 9.62 Å². The summed E-state index contributed by atoms with van der Waals surface area (Å²) in [5.41, 5.74) is 1.02. The van der Waals surface area contributed by atoms with Gasteiger partial charge in [-0.25, -0.2) is 12.7 Å². The summed E-state index contributed by atoms with van der Waals surface area (Å²) in [7, 11) is -3.26. The number of hydrogen-bond acceptors (Lipinski definition) is 3. The fraction of sp³-hybridized carbons (Fsp3) is 0.611. The molecule has 132 valence electrons. The van der Waals surface area contributed by atoms with Gasteiger partial charge in [0, 0.05) is 19.6 Å². The molecule has 1 saturated carbocycles. The molecule has 1 aliphatic carbocycles. The number of piperidine rings is 1. The Kier molecular flexibility index (Phi) is 5.56. The molecule has 2 fully saturated rings. The number of benzene rings is 1. The molecular formula is C18H26N2O3S. The fourth-order valence-corrected chi connectivity index (χ4v) is 4.85. The standard InChI is InChI=1S/C18H26N2O3S/c21-18(17(16-9-10-16)15-7-3-1-4-8-15)19-11-14-24(22,23)20-12-5-2-6-13-20/h1,3-4,7-8,16-17H,2,5-6,9-14H2,(H,19,21). The van der Waals surface area contributed by atoms with Gasteiger partial charge in [-0.05, 0) is 37.2 Å². The van der Waals surface area contributed by atoms with Crippen LogP contribution in [0.5, 0.6) is 0 Å². The predicted octanol–water partition coefficient (Wildman–Crippen LogP) is 2.11. The van der Waals surface area contributed by atoms with Crippen molar-refractivity contribution in [2.75, 3.05) is 25.4 Å². The molecule has 1 atom stereocenters. The minimum Gasteiger partial charge on any atom is -0.354 e. The minimum atomic E-state index is -3.26. The molecule has 0 spiro atoms. The van der Waals surface area contributed by atoms with Crippen LogP contribution >= 0.6 is 0 Å². The lowest BCUT2D eigenvalue weighted by Gasteiger charge is -2.26. The van der Waals surface area contributed by atoms with Crippen LogP contribution in [0.3, 0.4) is 0 Å². The quantitative estimate of drug-likeness (QED) is 0.819. The number of sulfonamides is 1. The summed E-state index contributed by atoms with van der Waals surface area (Å²) >= 11 is 0. The van der Waals surface area contributed by atoms with Crippen LogP contribution in [0.15, 0.2) is 30.3 Å². The smallest absolute Gasteiger partial charge is 0.227 e. The summed E-state index contributed by atoms with van der Waals surface area (Å²) < 4.78 is 26.2. The van der Waals surface area contributed by atoms with Gasteiger partial charge in [-0.1, -0.05) is 36.8 Å². The van der Waals surface area contributed by atoms with E-state index in [0.29, 0.717) is 19.0 Å². The van der Waals surface area contributed by atoms with Crippen LogP contribution in [-0.4, -0.2) is 44.0 Å². The van der Waals surface area contributed by atoms with Gasteiger partial charge >= 0.3 is 0 Å². The highest BCUT2D eigenvalue weighted by molar-refractivity contribution is 7.89. The maximum atomic E-state index is 12.6. The average Bonchev–Trinajstić information content (AvgIpc) is 3.41. The average molecular weight is 350 g/mol. The first-order valence-electron chi connectivity index (χ1n) is 8.88. The van der Waals surface area contributed by atoms with Crippen LogP contribution in [0.4, 0.5) is 0 Å². The highest BCUT2D eigenvalue weighted by Crippen LogP contribution is 2.42. The third-order valence-corrected chi connectivity index (χ3v) is 6.77. The van der Waals surface area contributed by atoms with Crippen LogP contribution < -0.4 is 5.32 Å². The monoisotopic (exact) mass is 350 g/mol. The molecule has 5 nitrogen and oxygen atoms in total. The second-order valence-corrected chi connectivity index (χ2v) is 8.88. The number of rotatable bonds is 7. The molecule has 6 heteroatoms. The molecular weight excluding hydrogens is 324 g/mol. The Morgan fingerprint density at radius 3 is 2.42 bits per heavy atom. The maximum Gasteiger partial charge on any atom is 0.227 e. The Morgan fingerprint density at radius 2 is 1.79 bits per heavy atom. The van der Waals surface area contributed by atoms with E-state index in [-0.39, 0.29) is 24.1 Å². The van der Waals surface area contributed by atoms with Crippen LogP contribution in [0, 0.1) is 5.92 Å². The Bertz CT molecular complexity index is 650. The van der Waals surface area contributed by atoms with Crippen molar-refractivity contribution < 1.29 is 13.2 Å². The van der Waals surface area contributed by atoms with Crippen LogP contribution in [0.25, 0.3) is 0 Å². The van der Waals surface area contributed by atoms with Gasteiger partial charge < -0.3 is 5.32 Å². The van der Waals surface area contributed by atoms with E-state index in [2.05, 4.69) is 5.32 Å². The van der Waals surface area contributed by atoms with Crippen molar-refractivity contribution in [3.8, 4) is 0 Å². The third kappa shape index (κ3) is 4.36. The van der Waals surface area contributed by atoms with E-state index in [1.165, 1.54) is 0 Å². The van der Waals surface area contributed by atoms with Gasteiger partial charge in [0.25, 0.3) is 0 Å². The second-order valence-electron chi connectivity index (χ2n) is 6.79. The molecule has 1 aromatic carbocycles. The molecule has 1 unspecified atom stereocenters. The molecule has 0 aromatic heterocycles. The SMILES string of the molecule is O=C(NCCS(=O)(=O)N1CCCCC1)C(c1ccccc1)C1CC1. The Balaban J connectivity index is 1.54. The number of nitrogens with zero attached hydrogens (tertiary/aromatic N) is 1. The first kappa shape index (κ1) is 17.4. The summed E-state index contributed by atoms with van der Waals surface area (Å²) in [5, 5.41) is 2.85. The van der Waals surface area contributed by atoms with Gasteiger partial charge in [-0.3, -0.25) is 4.79 Å². The van der Waals surface area contributed by atoms with Crippen molar-refractivity contribution >= 4 is 15.9 Å². The number of carbonyl (C=O) groups excluding carboxylic acids is 1. The molecule has 24 heavy (non-hydrogen) atoms. The summed E-state index contributed by atoms with van der Waals surface area (Å²) in [5.74, 6) is 0.192. The van der Waals surface area contributed by atoms with Crippen LogP contribution in [0.2, 0.25) is 0 Å². The first-order valence-corrected chi connectivity index (χ1v) is 10.5. The molecule has 2 aliphatic rings. The van der Waals surface area contributed by atoms with Gasteiger partial charge in [0.05, 0.1) is 11.7 Å². The van der Waals surface area contributed by atoms with Crippen LogP contribution in [-0.2, 0) is 14.8 Å². The topological polar surface area (TPSA) is 66.5 Å². The highest BCUT2D eigenvalue weighted by Gasteiger charge is 2.37. The minimum absolute atomic E-state index is 0.00901. The molecule has 0 radical (unpaired) electrons. The van der Waals surface area contributed by atoms with Crippen molar-refractivity contribution in [2.24, 2.45) is 5.92 Å². The lowest BCUT2D eigenvalue weighted by molar-refractivity contribution is -0.122. The molecule has 3 rings (SSSR count). The van der Waals surface area contributed by atoms with Crippen LogP contribution in [0.1, 0.15) is 43.6 Å². The molecule has 1 aromatic rings. The predicted molar refractivity (Wildman–Crippen MR) is 94.1 cm³/mol. The van der Waals surface area contributed by atoms with Gasteiger partial charge in [0.1, 0.15) is 0 Å². The van der Waals surface area contributed by atoms with E-state index in [0.717, 1.165) is 37.7 Å². The molecule has 1 saturated heterocycles. The maximum absolute atomic E-state index is 12.6. The summed E-state index contributed by atoms with van der Waals surface area (Å²) in [6.07, 6.45) is 5.10. The third-order valence-electron chi connectivity index (χ3n) is 4.90. The van der Waals surface area contributed by atoms with Crippen molar-refractivity contribution in [3.05, 3.63) is 35.9 Å². The van der Waals surface area contributed by atoms with Gasteiger partial charge in [-0.15, -0.1) is 0 Å². The number of nitrogens with one attached hydrogen (secondary N) is 1. The number of hydrogen-bond donors (Lipinski definition) is 1. The van der Waals surface area contributed by atoms with E-state index >= 15 is 0 Å². The number of carbonyl (C=O) groups is 1. The zero-order chi connectivity index (χ0) is 17.0. The van der Waals surface area contributed by atoms with E-state index in [1.807, 2.05) is 30.3 Å². The molecule has 1 aliphatic heterocycles. The Morgan fingerprint density at radius 1 is 1.12 bits per heavy atom. The van der Waals surface area contributed by atoms with Crippen molar-refractivity contribution in [3.63, 3.8) is 0 Å². The first-order chi connectivity index (χ1) is 11.6. The zero-order valence-electron chi connectivity index (χ0n) is 14.0. The second kappa shape index (κ2) is 7.66. The van der Waals surface area contributed by atoms with E-state index in [1.54, 1.807) is 4.31 Å². The largest absolute Gasteiger partial charge is 0.354 e. The summed E-state index contributed by atoms with van der Waals surface area (Å²) in [4.78, 5) is 12.6. The van der Waals surface area contributed by atoms with Crippen molar-refractivity contribution in [2.45, 2.75) is 38.0 Å². The van der Waals surface area contributed by atoms with Gasteiger partial charge in [0.15, 0.2) is 0 Å². The zero-order valence-corrected chi connectivity index (χ0v) is 14.8. The van der Waals surface area contributed by atoms with E-state index in [9.17, 15) is 13.2 Å².